The third-order valence-corrected chi connectivity index (χ3v) is 2.20. The van der Waals surface area contributed by atoms with E-state index in [9.17, 15) is 0 Å². The van der Waals surface area contributed by atoms with E-state index in [4.69, 9.17) is 5.73 Å². The summed E-state index contributed by atoms with van der Waals surface area (Å²) < 4.78 is 0. The van der Waals surface area contributed by atoms with Crippen LogP contribution in [0.25, 0.3) is 0 Å². The zero-order valence-electron chi connectivity index (χ0n) is 12.2. The predicted molar refractivity (Wildman–Crippen MR) is 85.0 cm³/mol. The maximum atomic E-state index is 5.53. The fourth-order valence-corrected chi connectivity index (χ4v) is 1.23. The minimum absolute atomic E-state index is 0.573. The lowest BCUT2D eigenvalue weighted by Gasteiger charge is -2.06. The van der Waals surface area contributed by atoms with Crippen LogP contribution in [0.4, 0.5) is 0 Å². The van der Waals surface area contributed by atoms with E-state index in [0.717, 1.165) is 11.1 Å². The lowest BCUT2D eigenvalue weighted by Crippen LogP contribution is -2.10. The van der Waals surface area contributed by atoms with Crippen molar-refractivity contribution >= 4 is 6.21 Å². The van der Waals surface area contributed by atoms with E-state index in [-0.39, 0.29) is 0 Å². The highest BCUT2D eigenvalue weighted by Crippen LogP contribution is 2.04. The van der Waals surface area contributed by atoms with Crippen molar-refractivity contribution in [1.82, 2.24) is 5.32 Å². The van der Waals surface area contributed by atoms with Gasteiger partial charge in [-0.3, -0.25) is 0 Å². The molecule has 0 saturated heterocycles. The molecule has 3 N–H and O–H groups in total. The molecule has 104 valence electrons. The zero-order valence-corrected chi connectivity index (χ0v) is 12.2. The summed E-state index contributed by atoms with van der Waals surface area (Å²) in [6.45, 7) is 14.7. The van der Waals surface area contributed by atoms with Gasteiger partial charge >= 0.3 is 0 Å². The molecular formula is C16H25N3. The average molecular weight is 259 g/mol. The molecule has 0 radical (unpaired) electrons. The molecule has 0 aliphatic rings. The highest BCUT2D eigenvalue weighted by molar-refractivity contribution is 5.77. The van der Waals surface area contributed by atoms with E-state index in [1.165, 1.54) is 5.56 Å². The monoisotopic (exact) mass is 259 g/mol. The van der Waals surface area contributed by atoms with E-state index in [0.29, 0.717) is 18.9 Å². The fraction of sp³-hybridized carbons (Fsp3) is 0.312. The minimum atomic E-state index is 0.573. The minimum Gasteiger partial charge on any atom is -0.366 e. The molecule has 0 atom stereocenters. The number of aliphatic imine (C=N–C) groups is 1. The van der Waals surface area contributed by atoms with E-state index >= 15 is 0 Å². The van der Waals surface area contributed by atoms with Crippen molar-refractivity contribution in [2.24, 2.45) is 10.7 Å². The molecule has 3 nitrogen and oxygen atoms in total. The molecule has 0 bridgehead atoms. The van der Waals surface area contributed by atoms with Crippen LogP contribution in [0.1, 0.15) is 31.9 Å². The molecule has 3 heteroatoms. The van der Waals surface area contributed by atoms with Crippen LogP contribution in [0.2, 0.25) is 0 Å². The lowest BCUT2D eigenvalue weighted by atomic mass is 10.1. The molecule has 19 heavy (non-hydrogen) atoms. The van der Waals surface area contributed by atoms with Crippen molar-refractivity contribution in [3.05, 3.63) is 59.9 Å². The molecule has 0 aromatic heterocycles. The number of nitrogens with one attached hydrogen (secondary N) is 1. The third kappa shape index (κ3) is 7.95. The van der Waals surface area contributed by atoms with Gasteiger partial charge in [0.05, 0.1) is 0 Å². The Labute approximate surface area is 116 Å². The second-order valence-corrected chi connectivity index (χ2v) is 3.93. The number of benzene rings is 1. The number of allylic oxidation sites excluding steroid dienone is 1. The zero-order chi connectivity index (χ0) is 14.7. The van der Waals surface area contributed by atoms with Gasteiger partial charge in [0.2, 0.25) is 0 Å². The molecule has 0 aliphatic heterocycles. The normalized spacial score (nSPS) is 9.68. The molecule has 0 amide bonds. The molecule has 0 unspecified atom stereocenters. The van der Waals surface area contributed by atoms with Crippen molar-refractivity contribution in [3.8, 4) is 0 Å². The molecule has 0 aliphatic carbocycles. The summed E-state index contributed by atoms with van der Waals surface area (Å²) in [6, 6.07) is 8.14. The number of hydrogen-bond donors (Lipinski definition) is 2. The number of hydrogen-bond acceptors (Lipinski definition) is 3. The Balaban J connectivity index is 0.00000154. The summed E-state index contributed by atoms with van der Waals surface area (Å²) >= 11 is 0. The SMILES string of the molecule is C=C(C)/C=N\C(=C)NCc1ccc(CN)cc1.CC. The van der Waals surface area contributed by atoms with Gasteiger partial charge in [0, 0.05) is 19.3 Å². The molecule has 1 aromatic rings. The Morgan fingerprint density at radius 1 is 1.21 bits per heavy atom. The van der Waals surface area contributed by atoms with Crippen molar-refractivity contribution in [3.63, 3.8) is 0 Å². The molecule has 1 aromatic carbocycles. The van der Waals surface area contributed by atoms with Gasteiger partial charge in [-0.15, -0.1) is 0 Å². The van der Waals surface area contributed by atoms with Crippen LogP contribution in [0, 0.1) is 0 Å². The second-order valence-electron chi connectivity index (χ2n) is 3.93. The first-order valence-corrected chi connectivity index (χ1v) is 6.52. The smallest absolute Gasteiger partial charge is 0.118 e. The van der Waals surface area contributed by atoms with E-state index in [2.05, 4.69) is 23.5 Å². The predicted octanol–water partition coefficient (Wildman–Crippen LogP) is 3.38. The largest absolute Gasteiger partial charge is 0.366 e. The van der Waals surface area contributed by atoms with Gasteiger partial charge in [0.25, 0.3) is 0 Å². The van der Waals surface area contributed by atoms with E-state index in [1.807, 2.05) is 45.0 Å². The van der Waals surface area contributed by atoms with Crippen molar-refractivity contribution in [2.75, 3.05) is 0 Å². The maximum absolute atomic E-state index is 5.53. The number of nitrogens with zero attached hydrogens (tertiary/aromatic N) is 1. The van der Waals surface area contributed by atoms with Crippen LogP contribution in [-0.2, 0) is 13.1 Å². The Morgan fingerprint density at radius 2 is 1.74 bits per heavy atom. The van der Waals surface area contributed by atoms with Crippen molar-refractivity contribution in [1.29, 1.82) is 0 Å². The highest BCUT2D eigenvalue weighted by atomic mass is 15.0. The van der Waals surface area contributed by atoms with Crippen LogP contribution >= 0.6 is 0 Å². The van der Waals surface area contributed by atoms with Gasteiger partial charge in [0.1, 0.15) is 5.82 Å². The second kappa shape index (κ2) is 10.1. The lowest BCUT2D eigenvalue weighted by molar-refractivity contribution is 0.805. The van der Waals surface area contributed by atoms with Crippen molar-refractivity contribution in [2.45, 2.75) is 33.9 Å². The quantitative estimate of drug-likeness (QED) is 0.769. The Bertz CT molecular complexity index is 416. The molecule has 1 rings (SSSR count). The van der Waals surface area contributed by atoms with Crippen molar-refractivity contribution < 1.29 is 0 Å². The summed E-state index contributed by atoms with van der Waals surface area (Å²) in [5.41, 5.74) is 8.74. The van der Waals surface area contributed by atoms with Gasteiger partial charge in [-0.1, -0.05) is 51.3 Å². The summed E-state index contributed by atoms with van der Waals surface area (Å²) in [5, 5.41) is 3.13. The molecule has 0 heterocycles. The van der Waals surface area contributed by atoms with Gasteiger partial charge in [-0.25, -0.2) is 4.99 Å². The average Bonchev–Trinajstić information content (AvgIpc) is 2.45. The van der Waals surface area contributed by atoms with Crippen LogP contribution in [0.3, 0.4) is 0 Å². The molecule has 0 spiro atoms. The topological polar surface area (TPSA) is 50.4 Å². The van der Waals surface area contributed by atoms with E-state index in [1.54, 1.807) is 6.21 Å². The first-order valence-electron chi connectivity index (χ1n) is 6.52. The summed E-state index contributed by atoms with van der Waals surface area (Å²) in [6.07, 6.45) is 1.69. The van der Waals surface area contributed by atoms with Gasteiger partial charge in [0.15, 0.2) is 0 Å². The van der Waals surface area contributed by atoms with E-state index < -0.39 is 0 Å². The standard InChI is InChI=1S/C14H19N3.C2H6/c1-11(2)9-16-12(3)17-10-14-6-4-13(8-15)5-7-14;1-2/h4-7,9,17H,1,3,8,10,15H2,2H3;1-2H3/b16-9-;. The summed E-state index contributed by atoms with van der Waals surface area (Å²) in [4.78, 5) is 4.12. The van der Waals surface area contributed by atoms with Crippen LogP contribution in [0.5, 0.6) is 0 Å². The van der Waals surface area contributed by atoms with Crippen LogP contribution < -0.4 is 11.1 Å². The Hall–Kier alpha value is -1.87. The Kier molecular flexibility index (Phi) is 9.10. The molecule has 0 fully saturated rings. The first kappa shape index (κ1) is 17.1. The molecular weight excluding hydrogens is 234 g/mol. The van der Waals surface area contributed by atoms with Gasteiger partial charge in [-0.2, -0.15) is 0 Å². The van der Waals surface area contributed by atoms with Gasteiger partial charge < -0.3 is 11.1 Å². The number of rotatable bonds is 6. The Morgan fingerprint density at radius 3 is 2.21 bits per heavy atom. The first-order chi connectivity index (χ1) is 9.11. The number of nitrogens with two attached hydrogens (primary N) is 1. The fourth-order valence-electron chi connectivity index (χ4n) is 1.23. The summed E-state index contributed by atoms with van der Waals surface area (Å²) in [7, 11) is 0. The summed E-state index contributed by atoms with van der Waals surface area (Å²) in [5.74, 6) is 0.635. The maximum Gasteiger partial charge on any atom is 0.118 e. The van der Waals surface area contributed by atoms with Crippen LogP contribution in [0.15, 0.2) is 53.8 Å². The van der Waals surface area contributed by atoms with Gasteiger partial charge in [-0.05, 0) is 23.6 Å². The molecule has 0 saturated carbocycles. The highest BCUT2D eigenvalue weighted by Gasteiger charge is 1.94. The third-order valence-electron chi connectivity index (χ3n) is 2.20. The van der Waals surface area contributed by atoms with Crippen LogP contribution in [-0.4, -0.2) is 6.21 Å².